The van der Waals surface area contributed by atoms with Gasteiger partial charge in [0.05, 0.1) is 12.7 Å². The second kappa shape index (κ2) is 9.35. The summed E-state index contributed by atoms with van der Waals surface area (Å²) in [5.74, 6) is 1.50. The molecule has 24 heavy (non-hydrogen) atoms. The number of hydrogen-bond acceptors (Lipinski definition) is 4. The highest BCUT2D eigenvalue weighted by atomic mass is 32.2. The Morgan fingerprint density at radius 1 is 1.25 bits per heavy atom. The number of ether oxygens (including phenoxy) is 1. The number of rotatable bonds is 9. The van der Waals surface area contributed by atoms with Crippen LogP contribution >= 0.6 is 11.8 Å². The highest BCUT2D eigenvalue weighted by Crippen LogP contribution is 2.29. The van der Waals surface area contributed by atoms with E-state index in [4.69, 9.17) is 9.84 Å². The number of nitrogens with one attached hydrogen (secondary N) is 1. The molecule has 5 heteroatoms. The van der Waals surface area contributed by atoms with Crippen LogP contribution in [0.25, 0.3) is 0 Å². The van der Waals surface area contributed by atoms with E-state index in [1.54, 1.807) is 37.1 Å². The molecule has 128 valence electrons. The zero-order valence-corrected chi connectivity index (χ0v) is 14.8. The van der Waals surface area contributed by atoms with Crippen LogP contribution in [0.2, 0.25) is 0 Å². The molecule has 4 nitrogen and oxygen atoms in total. The summed E-state index contributed by atoms with van der Waals surface area (Å²) in [5.41, 5.74) is 1.31. The third-order valence-electron chi connectivity index (χ3n) is 3.59. The molecule has 0 spiro atoms. The van der Waals surface area contributed by atoms with Crippen molar-refractivity contribution in [3.05, 3.63) is 59.7 Å². The maximum absolute atomic E-state index is 11.0. The third kappa shape index (κ3) is 5.58. The molecular weight excluding hydrogens is 322 g/mol. The lowest BCUT2D eigenvalue weighted by atomic mass is 10.1. The van der Waals surface area contributed by atoms with Crippen molar-refractivity contribution in [2.24, 2.45) is 5.92 Å². The molecule has 0 saturated carbocycles. The largest absolute Gasteiger partial charge is 0.496 e. The van der Waals surface area contributed by atoms with Crippen LogP contribution in [0.1, 0.15) is 22.8 Å². The van der Waals surface area contributed by atoms with Crippen LogP contribution < -0.4 is 10.1 Å². The summed E-state index contributed by atoms with van der Waals surface area (Å²) in [7, 11) is 1.69. The van der Waals surface area contributed by atoms with Gasteiger partial charge in [-0.15, -0.1) is 11.8 Å². The predicted molar refractivity (Wildman–Crippen MR) is 98.0 cm³/mol. The molecule has 2 aromatic rings. The molecule has 0 amide bonds. The van der Waals surface area contributed by atoms with Crippen molar-refractivity contribution in [3.63, 3.8) is 0 Å². The van der Waals surface area contributed by atoms with Crippen LogP contribution in [0, 0.1) is 5.92 Å². The van der Waals surface area contributed by atoms with Gasteiger partial charge < -0.3 is 15.2 Å². The molecule has 0 aliphatic heterocycles. The average molecular weight is 345 g/mol. The van der Waals surface area contributed by atoms with Gasteiger partial charge in [-0.3, -0.25) is 0 Å². The second-order valence-corrected chi connectivity index (χ2v) is 6.77. The first-order valence-electron chi connectivity index (χ1n) is 7.89. The van der Waals surface area contributed by atoms with E-state index in [9.17, 15) is 4.79 Å². The van der Waals surface area contributed by atoms with Crippen LogP contribution in [0.4, 0.5) is 0 Å². The first kappa shape index (κ1) is 18.4. The average Bonchev–Trinajstić information content (AvgIpc) is 2.60. The van der Waals surface area contributed by atoms with Gasteiger partial charge in [0.15, 0.2) is 0 Å². The van der Waals surface area contributed by atoms with E-state index >= 15 is 0 Å². The minimum atomic E-state index is -0.890. The van der Waals surface area contributed by atoms with E-state index in [0.29, 0.717) is 18.0 Å². The van der Waals surface area contributed by atoms with Gasteiger partial charge in [0, 0.05) is 17.2 Å². The number of para-hydroxylation sites is 1. The number of thioether (sulfide) groups is 1. The van der Waals surface area contributed by atoms with Crippen molar-refractivity contribution in [2.45, 2.75) is 18.4 Å². The fourth-order valence-electron chi connectivity index (χ4n) is 2.31. The fraction of sp³-hybridized carbons (Fsp3) is 0.316. The molecule has 1 atom stereocenters. The Balaban J connectivity index is 1.76. The summed E-state index contributed by atoms with van der Waals surface area (Å²) in [5, 5.41) is 12.4. The zero-order valence-electron chi connectivity index (χ0n) is 14.0. The van der Waals surface area contributed by atoms with Gasteiger partial charge in [-0.05, 0) is 42.3 Å². The van der Waals surface area contributed by atoms with Gasteiger partial charge in [0.1, 0.15) is 5.75 Å². The molecule has 0 bridgehead atoms. The minimum absolute atomic E-state index is 0.328. The maximum Gasteiger partial charge on any atom is 0.335 e. The van der Waals surface area contributed by atoms with Crippen LogP contribution in [0.3, 0.4) is 0 Å². The second-order valence-electron chi connectivity index (χ2n) is 5.70. The van der Waals surface area contributed by atoms with Gasteiger partial charge in [-0.1, -0.05) is 31.2 Å². The van der Waals surface area contributed by atoms with E-state index < -0.39 is 5.97 Å². The topological polar surface area (TPSA) is 58.6 Å². The summed E-state index contributed by atoms with van der Waals surface area (Å²) in [6.07, 6.45) is 0. The fourth-order valence-corrected chi connectivity index (χ4v) is 3.36. The molecule has 0 radical (unpaired) electrons. The standard InChI is InChI=1S/C19H23NO3S/c1-14(13-24-18-9-4-3-8-17(18)23-2)11-20-12-15-6-5-7-16(10-15)19(21)22/h3-10,14,20H,11-13H2,1-2H3,(H,21,22). The molecule has 0 aromatic heterocycles. The molecule has 0 aliphatic carbocycles. The quantitative estimate of drug-likeness (QED) is 0.675. The summed E-state index contributed by atoms with van der Waals surface area (Å²) in [4.78, 5) is 12.1. The molecule has 2 rings (SSSR count). The monoisotopic (exact) mass is 345 g/mol. The lowest BCUT2D eigenvalue weighted by Crippen LogP contribution is -2.22. The number of carboxylic acid groups (broad SMARTS) is 1. The van der Waals surface area contributed by atoms with Crippen molar-refractivity contribution in [3.8, 4) is 5.75 Å². The SMILES string of the molecule is COc1ccccc1SCC(C)CNCc1cccc(C(=O)O)c1. The number of benzene rings is 2. The molecule has 0 saturated heterocycles. The van der Waals surface area contributed by atoms with Crippen LogP contribution in [-0.2, 0) is 6.54 Å². The van der Waals surface area contributed by atoms with Crippen LogP contribution in [-0.4, -0.2) is 30.5 Å². The Labute approximate surface area is 147 Å². The Kier molecular flexibility index (Phi) is 7.15. The number of carboxylic acids is 1. The van der Waals surface area contributed by atoms with Gasteiger partial charge in [0.2, 0.25) is 0 Å². The van der Waals surface area contributed by atoms with Crippen LogP contribution in [0.15, 0.2) is 53.4 Å². The summed E-state index contributed by atoms with van der Waals surface area (Å²) >= 11 is 1.79. The van der Waals surface area contributed by atoms with E-state index in [1.807, 2.05) is 24.3 Å². The van der Waals surface area contributed by atoms with Gasteiger partial charge in [-0.2, -0.15) is 0 Å². The number of hydrogen-bond donors (Lipinski definition) is 2. The molecule has 2 aromatic carbocycles. The molecule has 2 N–H and O–H groups in total. The molecule has 0 heterocycles. The molecule has 0 fully saturated rings. The van der Waals surface area contributed by atoms with Crippen LogP contribution in [0.5, 0.6) is 5.75 Å². The van der Waals surface area contributed by atoms with Gasteiger partial charge in [0.25, 0.3) is 0 Å². The Morgan fingerprint density at radius 3 is 2.79 bits per heavy atom. The van der Waals surface area contributed by atoms with E-state index in [0.717, 1.165) is 28.5 Å². The van der Waals surface area contributed by atoms with Crippen molar-refractivity contribution in [2.75, 3.05) is 19.4 Å². The summed E-state index contributed by atoms with van der Waals surface area (Å²) in [6, 6.07) is 15.1. The van der Waals surface area contributed by atoms with E-state index in [2.05, 4.69) is 18.3 Å². The predicted octanol–water partition coefficient (Wildman–Crippen LogP) is 3.91. The normalized spacial score (nSPS) is 11.9. The Hall–Kier alpha value is -1.98. The summed E-state index contributed by atoms with van der Waals surface area (Å²) < 4.78 is 5.36. The van der Waals surface area contributed by atoms with Crippen molar-refractivity contribution in [1.82, 2.24) is 5.32 Å². The first-order chi connectivity index (χ1) is 11.6. The number of methoxy groups -OCH3 is 1. The third-order valence-corrected chi connectivity index (χ3v) is 4.97. The number of aromatic carboxylic acids is 1. The van der Waals surface area contributed by atoms with E-state index in [1.165, 1.54) is 0 Å². The maximum atomic E-state index is 11.0. The van der Waals surface area contributed by atoms with Crippen molar-refractivity contribution >= 4 is 17.7 Å². The van der Waals surface area contributed by atoms with Gasteiger partial charge >= 0.3 is 5.97 Å². The first-order valence-corrected chi connectivity index (χ1v) is 8.87. The summed E-state index contributed by atoms with van der Waals surface area (Å²) in [6.45, 7) is 3.74. The van der Waals surface area contributed by atoms with Gasteiger partial charge in [-0.25, -0.2) is 4.79 Å². The molecular formula is C19H23NO3S. The highest BCUT2D eigenvalue weighted by molar-refractivity contribution is 7.99. The Bertz CT molecular complexity index is 675. The smallest absolute Gasteiger partial charge is 0.335 e. The number of carbonyl (C=O) groups is 1. The Morgan fingerprint density at radius 2 is 2.04 bits per heavy atom. The zero-order chi connectivity index (χ0) is 17.4. The molecule has 1 unspecified atom stereocenters. The highest BCUT2D eigenvalue weighted by Gasteiger charge is 2.07. The minimum Gasteiger partial charge on any atom is -0.496 e. The lowest BCUT2D eigenvalue weighted by molar-refractivity contribution is 0.0696. The van der Waals surface area contributed by atoms with E-state index in [-0.39, 0.29) is 0 Å². The molecule has 0 aliphatic rings. The van der Waals surface area contributed by atoms with Crippen molar-refractivity contribution in [1.29, 1.82) is 0 Å². The lowest BCUT2D eigenvalue weighted by Gasteiger charge is -2.14. The van der Waals surface area contributed by atoms with Crippen molar-refractivity contribution < 1.29 is 14.6 Å².